The highest BCUT2D eigenvalue weighted by molar-refractivity contribution is 6.00. The number of urea groups is 1. The summed E-state index contributed by atoms with van der Waals surface area (Å²) >= 11 is 0. The summed E-state index contributed by atoms with van der Waals surface area (Å²) in [5.74, 6) is 0.754. The number of nitrogens with one attached hydrogen (secondary N) is 2. The van der Waals surface area contributed by atoms with Crippen molar-refractivity contribution in [3.05, 3.63) is 71.9 Å². The summed E-state index contributed by atoms with van der Waals surface area (Å²) in [4.78, 5) is 16.6. The standard InChI is InChI=1S/C23H20F3N3O4/c1-14-18(15-12-31-13-15)4-2-6-20(14)32-21-19(5-3-11-27-21)29-22(30)28-16-7-9-17(10-8-16)33-23(24,25)26/h2-11,15H,12-13H2,1H3,(H2,28,29,30). The summed E-state index contributed by atoms with van der Waals surface area (Å²) in [6.07, 6.45) is -3.25. The zero-order valence-electron chi connectivity index (χ0n) is 17.5. The lowest BCUT2D eigenvalue weighted by Crippen LogP contribution is -2.25. The number of rotatable bonds is 6. The zero-order valence-corrected chi connectivity index (χ0v) is 17.5. The van der Waals surface area contributed by atoms with Crippen LogP contribution in [0.3, 0.4) is 0 Å². The number of ether oxygens (including phenoxy) is 3. The van der Waals surface area contributed by atoms with Gasteiger partial charge in [0, 0.05) is 17.8 Å². The Hall–Kier alpha value is -3.79. The smallest absolute Gasteiger partial charge is 0.437 e. The van der Waals surface area contributed by atoms with Crippen LogP contribution in [0.5, 0.6) is 17.4 Å². The van der Waals surface area contributed by atoms with Crippen molar-refractivity contribution >= 4 is 17.4 Å². The molecule has 0 atom stereocenters. The van der Waals surface area contributed by atoms with Crippen molar-refractivity contribution in [1.82, 2.24) is 4.98 Å². The maximum Gasteiger partial charge on any atom is 0.573 e. The van der Waals surface area contributed by atoms with E-state index < -0.39 is 12.4 Å². The number of halogens is 3. The van der Waals surface area contributed by atoms with Gasteiger partial charge in [-0.15, -0.1) is 13.2 Å². The molecule has 0 saturated carbocycles. The number of amides is 2. The molecule has 0 spiro atoms. The van der Waals surface area contributed by atoms with Crippen LogP contribution < -0.4 is 20.1 Å². The molecule has 1 saturated heterocycles. The van der Waals surface area contributed by atoms with Crippen LogP contribution >= 0.6 is 0 Å². The largest absolute Gasteiger partial charge is 0.573 e. The number of carbonyl (C=O) groups is 1. The third kappa shape index (κ3) is 5.72. The fourth-order valence-corrected chi connectivity index (χ4v) is 3.30. The van der Waals surface area contributed by atoms with E-state index in [2.05, 4.69) is 20.4 Å². The molecule has 2 N–H and O–H groups in total. The number of alkyl halides is 3. The maximum atomic E-state index is 12.4. The Kier molecular flexibility index (Phi) is 6.36. The predicted octanol–water partition coefficient (Wildman–Crippen LogP) is 5.84. The first kappa shape index (κ1) is 22.4. The summed E-state index contributed by atoms with van der Waals surface area (Å²) in [5.41, 5.74) is 2.70. The molecule has 172 valence electrons. The minimum absolute atomic E-state index is 0.201. The molecule has 1 aliphatic heterocycles. The molecular formula is C23H20F3N3O4. The lowest BCUT2D eigenvalue weighted by Gasteiger charge is -2.28. The summed E-state index contributed by atoms with van der Waals surface area (Å²) < 4.78 is 51.9. The van der Waals surface area contributed by atoms with Crippen molar-refractivity contribution in [2.75, 3.05) is 23.8 Å². The number of nitrogens with zero attached hydrogens (tertiary/aromatic N) is 1. The van der Waals surface area contributed by atoms with Gasteiger partial charge in [-0.25, -0.2) is 9.78 Å². The molecule has 2 amide bonds. The van der Waals surface area contributed by atoms with Crippen LogP contribution in [-0.2, 0) is 4.74 Å². The Morgan fingerprint density at radius 1 is 1.06 bits per heavy atom. The van der Waals surface area contributed by atoms with E-state index >= 15 is 0 Å². The quantitative estimate of drug-likeness (QED) is 0.484. The van der Waals surface area contributed by atoms with Gasteiger partial charge in [0.05, 0.1) is 13.2 Å². The Morgan fingerprint density at radius 2 is 1.82 bits per heavy atom. The molecule has 1 fully saturated rings. The SMILES string of the molecule is Cc1c(Oc2ncccc2NC(=O)Nc2ccc(OC(F)(F)F)cc2)cccc1C1COC1. The van der Waals surface area contributed by atoms with Gasteiger partial charge in [-0.05, 0) is 60.5 Å². The molecule has 1 aliphatic rings. The molecule has 7 nitrogen and oxygen atoms in total. The van der Waals surface area contributed by atoms with Crippen LogP contribution in [0, 0.1) is 6.92 Å². The van der Waals surface area contributed by atoms with E-state index in [0.29, 0.717) is 30.6 Å². The molecule has 10 heteroatoms. The number of benzene rings is 2. The maximum absolute atomic E-state index is 12.4. The van der Waals surface area contributed by atoms with Crippen LogP contribution in [-0.4, -0.2) is 30.6 Å². The lowest BCUT2D eigenvalue weighted by molar-refractivity contribution is -0.274. The van der Waals surface area contributed by atoms with Gasteiger partial charge in [-0.2, -0.15) is 0 Å². The van der Waals surface area contributed by atoms with E-state index in [9.17, 15) is 18.0 Å². The minimum Gasteiger partial charge on any atom is -0.437 e. The second-order valence-corrected chi connectivity index (χ2v) is 7.31. The molecule has 0 radical (unpaired) electrons. The Balaban J connectivity index is 1.43. The van der Waals surface area contributed by atoms with E-state index in [1.807, 2.05) is 25.1 Å². The number of hydrogen-bond donors (Lipinski definition) is 2. The molecule has 1 aromatic heterocycles. The van der Waals surface area contributed by atoms with Gasteiger partial charge in [0.15, 0.2) is 0 Å². The van der Waals surface area contributed by atoms with Crippen LogP contribution in [0.2, 0.25) is 0 Å². The van der Waals surface area contributed by atoms with Crippen molar-refractivity contribution in [3.8, 4) is 17.4 Å². The molecule has 33 heavy (non-hydrogen) atoms. The van der Waals surface area contributed by atoms with Crippen molar-refractivity contribution in [1.29, 1.82) is 0 Å². The number of hydrogen-bond acceptors (Lipinski definition) is 5. The topological polar surface area (TPSA) is 81.7 Å². The van der Waals surface area contributed by atoms with Crippen molar-refractivity contribution in [2.45, 2.75) is 19.2 Å². The van der Waals surface area contributed by atoms with E-state index in [4.69, 9.17) is 9.47 Å². The molecule has 3 aromatic rings. The first-order valence-corrected chi connectivity index (χ1v) is 10.0. The highest BCUT2D eigenvalue weighted by Crippen LogP contribution is 2.35. The molecule has 2 heterocycles. The van der Waals surface area contributed by atoms with Crippen molar-refractivity contribution in [3.63, 3.8) is 0 Å². The van der Waals surface area contributed by atoms with Gasteiger partial charge in [0.25, 0.3) is 0 Å². The van der Waals surface area contributed by atoms with Crippen LogP contribution in [0.4, 0.5) is 29.3 Å². The normalized spacial score (nSPS) is 13.7. The van der Waals surface area contributed by atoms with Gasteiger partial charge in [-0.1, -0.05) is 12.1 Å². The van der Waals surface area contributed by atoms with E-state index in [-0.39, 0.29) is 17.3 Å². The molecule has 2 aromatic carbocycles. The van der Waals surface area contributed by atoms with Gasteiger partial charge >= 0.3 is 12.4 Å². The highest BCUT2D eigenvalue weighted by Gasteiger charge is 2.31. The van der Waals surface area contributed by atoms with Crippen molar-refractivity contribution < 1.29 is 32.2 Å². The van der Waals surface area contributed by atoms with Gasteiger partial charge in [-0.3, -0.25) is 0 Å². The van der Waals surface area contributed by atoms with Gasteiger partial charge < -0.3 is 24.8 Å². The van der Waals surface area contributed by atoms with Crippen LogP contribution in [0.25, 0.3) is 0 Å². The molecule has 0 unspecified atom stereocenters. The van der Waals surface area contributed by atoms with Crippen molar-refractivity contribution in [2.24, 2.45) is 0 Å². The number of carbonyl (C=O) groups excluding carboxylic acids is 1. The van der Waals surface area contributed by atoms with Gasteiger partial charge in [0.1, 0.15) is 17.2 Å². The Morgan fingerprint density at radius 3 is 2.48 bits per heavy atom. The second kappa shape index (κ2) is 9.37. The summed E-state index contributed by atoms with van der Waals surface area (Å²) in [6.45, 7) is 3.30. The summed E-state index contributed by atoms with van der Waals surface area (Å²) in [6, 6.07) is 13.2. The first-order chi connectivity index (χ1) is 15.8. The molecule has 4 rings (SSSR count). The number of aromatic nitrogens is 1. The van der Waals surface area contributed by atoms with Gasteiger partial charge in [0.2, 0.25) is 5.88 Å². The third-order valence-electron chi connectivity index (χ3n) is 4.98. The minimum atomic E-state index is -4.79. The van der Waals surface area contributed by atoms with E-state index in [0.717, 1.165) is 23.3 Å². The zero-order chi connectivity index (χ0) is 23.4. The third-order valence-corrected chi connectivity index (χ3v) is 4.98. The molecule has 0 bridgehead atoms. The Labute approximate surface area is 187 Å². The Bertz CT molecular complexity index is 1130. The molecular weight excluding hydrogens is 439 g/mol. The van der Waals surface area contributed by atoms with E-state index in [1.165, 1.54) is 18.3 Å². The van der Waals surface area contributed by atoms with Crippen LogP contribution in [0.15, 0.2) is 60.8 Å². The fraction of sp³-hybridized carbons (Fsp3) is 0.217. The van der Waals surface area contributed by atoms with E-state index in [1.54, 1.807) is 12.1 Å². The fourth-order valence-electron chi connectivity index (χ4n) is 3.30. The first-order valence-electron chi connectivity index (χ1n) is 10.0. The average Bonchev–Trinajstić information content (AvgIpc) is 2.71. The highest BCUT2D eigenvalue weighted by atomic mass is 19.4. The number of pyridine rings is 1. The molecule has 0 aliphatic carbocycles. The number of anilines is 2. The average molecular weight is 459 g/mol. The lowest BCUT2D eigenvalue weighted by atomic mass is 9.93. The second-order valence-electron chi connectivity index (χ2n) is 7.31. The summed E-state index contributed by atoms with van der Waals surface area (Å²) in [7, 11) is 0. The predicted molar refractivity (Wildman–Crippen MR) is 115 cm³/mol. The monoisotopic (exact) mass is 459 g/mol. The van der Waals surface area contributed by atoms with Crippen LogP contribution in [0.1, 0.15) is 17.0 Å². The summed E-state index contributed by atoms with van der Waals surface area (Å²) in [5, 5.41) is 5.18.